The molecule has 1 N–H and O–H groups in total. The van der Waals surface area contributed by atoms with Crippen LogP contribution in [0.1, 0.15) is 45.6 Å². The zero-order valence-corrected chi connectivity index (χ0v) is 13.1. The first-order chi connectivity index (χ1) is 9.06. The van der Waals surface area contributed by atoms with E-state index in [2.05, 4.69) is 38.2 Å². The number of hydrogen-bond donors (Lipinski definition) is 1. The Kier molecular flexibility index (Phi) is 5.29. The number of nitrogens with one attached hydrogen (secondary N) is 1. The normalized spacial score (nSPS) is 29.2. The SMILES string of the molecule is CC(Cc1ccc(Cl)cc1)NC1CCCC(C)C1C. The maximum atomic E-state index is 5.92. The van der Waals surface area contributed by atoms with Gasteiger partial charge in [0.1, 0.15) is 0 Å². The first-order valence-electron chi connectivity index (χ1n) is 7.56. The molecule has 1 aromatic rings. The molecule has 0 heterocycles. The van der Waals surface area contributed by atoms with Crippen LogP contribution >= 0.6 is 11.6 Å². The van der Waals surface area contributed by atoms with Crippen LogP contribution in [0.2, 0.25) is 5.02 Å². The molecule has 1 nitrogen and oxygen atoms in total. The molecule has 0 spiro atoms. The molecule has 2 heteroatoms. The fraction of sp³-hybridized carbons (Fsp3) is 0.647. The Balaban J connectivity index is 1.86. The number of halogens is 1. The van der Waals surface area contributed by atoms with Crippen LogP contribution in [0, 0.1) is 11.8 Å². The second kappa shape index (κ2) is 6.76. The fourth-order valence-corrected chi connectivity index (χ4v) is 3.34. The molecule has 1 saturated carbocycles. The van der Waals surface area contributed by atoms with Gasteiger partial charge in [-0.3, -0.25) is 0 Å². The third kappa shape index (κ3) is 4.22. The lowest BCUT2D eigenvalue weighted by molar-refractivity contribution is 0.196. The van der Waals surface area contributed by atoms with E-state index < -0.39 is 0 Å². The van der Waals surface area contributed by atoms with Gasteiger partial charge in [-0.15, -0.1) is 0 Å². The Morgan fingerprint density at radius 1 is 1.21 bits per heavy atom. The summed E-state index contributed by atoms with van der Waals surface area (Å²) in [4.78, 5) is 0. The largest absolute Gasteiger partial charge is 0.311 e. The van der Waals surface area contributed by atoms with Crippen LogP contribution in [0.4, 0.5) is 0 Å². The minimum atomic E-state index is 0.527. The van der Waals surface area contributed by atoms with Gasteiger partial charge in [-0.05, 0) is 49.3 Å². The third-order valence-corrected chi connectivity index (χ3v) is 4.91. The molecule has 0 aliphatic heterocycles. The molecule has 2 rings (SSSR count). The Labute approximate surface area is 122 Å². The van der Waals surface area contributed by atoms with Crippen LogP contribution in [0.3, 0.4) is 0 Å². The van der Waals surface area contributed by atoms with Crippen LogP contribution in [-0.4, -0.2) is 12.1 Å². The van der Waals surface area contributed by atoms with E-state index in [4.69, 9.17) is 11.6 Å². The quantitative estimate of drug-likeness (QED) is 0.843. The smallest absolute Gasteiger partial charge is 0.0406 e. The van der Waals surface area contributed by atoms with Crippen LogP contribution in [0.15, 0.2) is 24.3 Å². The summed E-state index contributed by atoms with van der Waals surface area (Å²) in [6.45, 7) is 7.08. The summed E-state index contributed by atoms with van der Waals surface area (Å²) in [5.74, 6) is 1.65. The molecule has 0 saturated heterocycles. The molecule has 1 aliphatic rings. The molecule has 1 aromatic carbocycles. The van der Waals surface area contributed by atoms with E-state index in [-0.39, 0.29) is 0 Å². The topological polar surface area (TPSA) is 12.0 Å². The molecular formula is C17H26ClN. The monoisotopic (exact) mass is 279 g/mol. The lowest BCUT2D eigenvalue weighted by Gasteiger charge is -2.36. The van der Waals surface area contributed by atoms with E-state index >= 15 is 0 Å². The van der Waals surface area contributed by atoms with Gasteiger partial charge >= 0.3 is 0 Å². The Morgan fingerprint density at radius 2 is 1.89 bits per heavy atom. The molecule has 19 heavy (non-hydrogen) atoms. The van der Waals surface area contributed by atoms with E-state index in [1.54, 1.807) is 0 Å². The van der Waals surface area contributed by atoms with E-state index in [0.29, 0.717) is 12.1 Å². The second-order valence-electron chi connectivity index (χ2n) is 6.27. The Morgan fingerprint density at radius 3 is 2.58 bits per heavy atom. The van der Waals surface area contributed by atoms with E-state index in [9.17, 15) is 0 Å². The lowest BCUT2D eigenvalue weighted by atomic mass is 9.77. The summed E-state index contributed by atoms with van der Waals surface area (Å²) in [6, 6.07) is 9.44. The second-order valence-corrected chi connectivity index (χ2v) is 6.71. The highest BCUT2D eigenvalue weighted by atomic mass is 35.5. The van der Waals surface area contributed by atoms with Crippen LogP contribution in [0.25, 0.3) is 0 Å². The molecular weight excluding hydrogens is 254 g/mol. The van der Waals surface area contributed by atoms with Gasteiger partial charge in [0.2, 0.25) is 0 Å². The fourth-order valence-electron chi connectivity index (χ4n) is 3.22. The van der Waals surface area contributed by atoms with Gasteiger partial charge in [-0.25, -0.2) is 0 Å². The van der Waals surface area contributed by atoms with Gasteiger partial charge in [0.05, 0.1) is 0 Å². The minimum Gasteiger partial charge on any atom is -0.311 e. The molecule has 4 unspecified atom stereocenters. The first kappa shape index (κ1) is 14.9. The highest BCUT2D eigenvalue weighted by Crippen LogP contribution is 2.29. The zero-order chi connectivity index (χ0) is 13.8. The molecule has 0 aromatic heterocycles. The first-order valence-corrected chi connectivity index (χ1v) is 7.94. The van der Waals surface area contributed by atoms with Gasteiger partial charge in [-0.2, -0.15) is 0 Å². The minimum absolute atomic E-state index is 0.527. The molecule has 106 valence electrons. The van der Waals surface area contributed by atoms with Crippen molar-refractivity contribution in [2.24, 2.45) is 11.8 Å². The number of hydrogen-bond acceptors (Lipinski definition) is 1. The molecule has 4 atom stereocenters. The highest BCUT2D eigenvalue weighted by Gasteiger charge is 2.27. The average Bonchev–Trinajstić information content (AvgIpc) is 2.38. The molecule has 1 aliphatic carbocycles. The van der Waals surface area contributed by atoms with Crippen molar-refractivity contribution in [3.63, 3.8) is 0 Å². The number of benzene rings is 1. The van der Waals surface area contributed by atoms with Crippen molar-refractivity contribution in [1.82, 2.24) is 5.32 Å². The summed E-state index contributed by atoms with van der Waals surface area (Å²) in [7, 11) is 0. The number of rotatable bonds is 4. The van der Waals surface area contributed by atoms with Crippen molar-refractivity contribution in [3.05, 3.63) is 34.9 Å². The van der Waals surface area contributed by atoms with Crippen molar-refractivity contribution in [1.29, 1.82) is 0 Å². The molecule has 0 amide bonds. The average molecular weight is 280 g/mol. The van der Waals surface area contributed by atoms with E-state index in [1.165, 1.54) is 24.8 Å². The van der Waals surface area contributed by atoms with Crippen LogP contribution < -0.4 is 5.32 Å². The van der Waals surface area contributed by atoms with Crippen molar-refractivity contribution in [3.8, 4) is 0 Å². The van der Waals surface area contributed by atoms with E-state index in [0.717, 1.165) is 23.3 Å². The summed E-state index contributed by atoms with van der Waals surface area (Å²) in [5.41, 5.74) is 1.36. The summed E-state index contributed by atoms with van der Waals surface area (Å²) in [6.07, 6.45) is 5.17. The summed E-state index contributed by atoms with van der Waals surface area (Å²) >= 11 is 5.92. The van der Waals surface area contributed by atoms with Crippen molar-refractivity contribution in [2.45, 2.75) is 58.5 Å². The highest BCUT2D eigenvalue weighted by molar-refractivity contribution is 6.30. The van der Waals surface area contributed by atoms with Crippen LogP contribution in [-0.2, 0) is 6.42 Å². The van der Waals surface area contributed by atoms with Crippen LogP contribution in [0.5, 0.6) is 0 Å². The van der Waals surface area contributed by atoms with E-state index in [1.807, 2.05) is 12.1 Å². The summed E-state index contributed by atoms with van der Waals surface area (Å²) < 4.78 is 0. The Hall–Kier alpha value is -0.530. The predicted octanol–water partition coefficient (Wildman–Crippen LogP) is 4.69. The van der Waals surface area contributed by atoms with Crippen molar-refractivity contribution in [2.75, 3.05) is 0 Å². The zero-order valence-electron chi connectivity index (χ0n) is 12.3. The Bertz CT molecular complexity index is 387. The molecule has 0 bridgehead atoms. The van der Waals surface area contributed by atoms with Gasteiger partial charge in [0.25, 0.3) is 0 Å². The lowest BCUT2D eigenvalue weighted by Crippen LogP contribution is -2.45. The van der Waals surface area contributed by atoms with Crippen molar-refractivity contribution >= 4 is 11.6 Å². The summed E-state index contributed by atoms with van der Waals surface area (Å²) in [5, 5.41) is 4.65. The predicted molar refractivity (Wildman–Crippen MR) is 83.7 cm³/mol. The third-order valence-electron chi connectivity index (χ3n) is 4.66. The van der Waals surface area contributed by atoms with Gasteiger partial charge in [-0.1, -0.05) is 50.4 Å². The van der Waals surface area contributed by atoms with Gasteiger partial charge in [0.15, 0.2) is 0 Å². The van der Waals surface area contributed by atoms with Crippen molar-refractivity contribution < 1.29 is 0 Å². The molecule has 1 fully saturated rings. The van der Waals surface area contributed by atoms with Gasteiger partial charge < -0.3 is 5.32 Å². The standard InChI is InChI=1S/C17H26ClN/c1-12-5-4-6-17(14(12)3)19-13(2)11-15-7-9-16(18)10-8-15/h7-10,12-14,17,19H,4-6,11H2,1-3H3. The molecule has 0 radical (unpaired) electrons. The van der Waals surface area contributed by atoms with Gasteiger partial charge in [0, 0.05) is 17.1 Å². The maximum absolute atomic E-state index is 5.92. The maximum Gasteiger partial charge on any atom is 0.0406 e.